The normalized spacial score (nSPS) is 14.6. The van der Waals surface area contributed by atoms with E-state index in [2.05, 4.69) is 6.58 Å². The number of hydrogen-bond acceptors (Lipinski definition) is 5. The van der Waals surface area contributed by atoms with Crippen molar-refractivity contribution >= 4 is 28.5 Å². The third kappa shape index (κ3) is 4.27. The summed E-state index contributed by atoms with van der Waals surface area (Å²) in [5.74, 6) is 0.687. The molecule has 0 N–H and O–H groups in total. The zero-order valence-corrected chi connectivity index (χ0v) is 21.6. The van der Waals surface area contributed by atoms with Gasteiger partial charge in [0.1, 0.15) is 12.2 Å². The molecule has 1 amide bonds. The fraction of sp³-hybridized carbons (Fsp3) is 0.200. The molecule has 0 aliphatic carbocycles. The Labute approximate surface area is 219 Å². The second-order valence-corrected chi connectivity index (χ2v) is 9.45. The molecule has 1 aliphatic rings. The SMILES string of the molecule is C=CCOc1ccc(C2c3c(oc4cc(C)c(C)cc4c3=O)C(=O)N2Cc2ccccc2Cl)cc1OC. The Morgan fingerprint density at radius 3 is 2.54 bits per heavy atom. The van der Waals surface area contributed by atoms with Gasteiger partial charge in [0.15, 0.2) is 16.9 Å². The number of carbonyl (C=O) groups is 1. The summed E-state index contributed by atoms with van der Waals surface area (Å²) >= 11 is 6.46. The number of benzene rings is 3. The molecular formula is C30H26ClNO5. The highest BCUT2D eigenvalue weighted by molar-refractivity contribution is 6.31. The fourth-order valence-electron chi connectivity index (χ4n) is 4.72. The minimum Gasteiger partial charge on any atom is -0.493 e. The quantitative estimate of drug-likeness (QED) is 0.267. The number of methoxy groups -OCH3 is 1. The molecular weight excluding hydrogens is 490 g/mol. The molecule has 2 heterocycles. The molecule has 1 aromatic heterocycles. The van der Waals surface area contributed by atoms with E-state index in [1.807, 2.05) is 44.2 Å². The summed E-state index contributed by atoms with van der Waals surface area (Å²) in [6, 6.07) is 15.6. The predicted molar refractivity (Wildman–Crippen MR) is 144 cm³/mol. The Hall–Kier alpha value is -4.03. The maximum atomic E-state index is 13.9. The van der Waals surface area contributed by atoms with E-state index in [4.69, 9.17) is 25.5 Å². The first-order valence-electron chi connectivity index (χ1n) is 11.9. The van der Waals surface area contributed by atoms with Crippen molar-refractivity contribution in [2.75, 3.05) is 13.7 Å². The second kappa shape index (κ2) is 9.79. The molecule has 6 nitrogen and oxygen atoms in total. The van der Waals surface area contributed by atoms with Crippen LogP contribution in [0.5, 0.6) is 11.5 Å². The van der Waals surface area contributed by atoms with Crippen LogP contribution in [0.1, 0.15) is 44.4 Å². The zero-order valence-electron chi connectivity index (χ0n) is 20.8. The average molecular weight is 516 g/mol. The maximum Gasteiger partial charge on any atom is 0.291 e. The first-order chi connectivity index (χ1) is 17.8. The van der Waals surface area contributed by atoms with E-state index in [0.717, 1.165) is 16.7 Å². The van der Waals surface area contributed by atoms with Crippen molar-refractivity contribution < 1.29 is 18.7 Å². The van der Waals surface area contributed by atoms with Gasteiger partial charge in [-0.05, 0) is 66.4 Å². The molecule has 0 radical (unpaired) electrons. The summed E-state index contributed by atoms with van der Waals surface area (Å²) in [7, 11) is 1.54. The van der Waals surface area contributed by atoms with Gasteiger partial charge in [0, 0.05) is 11.6 Å². The van der Waals surface area contributed by atoms with E-state index in [-0.39, 0.29) is 23.6 Å². The van der Waals surface area contributed by atoms with Crippen LogP contribution in [0.25, 0.3) is 11.0 Å². The van der Waals surface area contributed by atoms with Gasteiger partial charge in [-0.15, -0.1) is 0 Å². The number of aryl methyl sites for hydroxylation is 2. The first kappa shape index (κ1) is 24.7. The lowest BCUT2D eigenvalue weighted by Crippen LogP contribution is -2.29. The van der Waals surface area contributed by atoms with E-state index in [1.165, 1.54) is 0 Å². The van der Waals surface area contributed by atoms with Crippen LogP contribution in [0, 0.1) is 13.8 Å². The van der Waals surface area contributed by atoms with Crippen molar-refractivity contribution in [1.29, 1.82) is 0 Å². The number of ether oxygens (including phenoxy) is 2. The van der Waals surface area contributed by atoms with Crippen LogP contribution in [0.15, 0.2) is 76.5 Å². The Balaban J connectivity index is 1.72. The van der Waals surface area contributed by atoms with E-state index in [0.29, 0.717) is 45.2 Å². The van der Waals surface area contributed by atoms with Gasteiger partial charge in [-0.1, -0.05) is 48.5 Å². The number of amides is 1. The molecule has 7 heteroatoms. The van der Waals surface area contributed by atoms with E-state index in [9.17, 15) is 9.59 Å². The lowest BCUT2D eigenvalue weighted by Gasteiger charge is -2.26. The summed E-state index contributed by atoms with van der Waals surface area (Å²) in [5, 5.41) is 0.976. The molecule has 188 valence electrons. The van der Waals surface area contributed by atoms with Crippen molar-refractivity contribution in [3.8, 4) is 11.5 Å². The number of hydrogen-bond donors (Lipinski definition) is 0. The highest BCUT2D eigenvalue weighted by Gasteiger charge is 2.43. The standard InChI is InChI=1S/C30H26ClNO5/c1-5-12-36-23-11-10-19(15-25(23)35-4)27-26-28(33)21-13-17(2)18(3)14-24(21)37-29(26)30(34)32(27)16-20-8-6-7-9-22(20)31/h5-11,13-15,27H,1,12,16H2,2-4H3. The minimum atomic E-state index is -0.705. The molecule has 1 atom stereocenters. The van der Waals surface area contributed by atoms with Crippen molar-refractivity contribution in [1.82, 2.24) is 4.90 Å². The number of carbonyl (C=O) groups excluding carboxylic acids is 1. The molecule has 3 aromatic carbocycles. The minimum absolute atomic E-state index is 0.0451. The van der Waals surface area contributed by atoms with Gasteiger partial charge in [-0.25, -0.2) is 0 Å². The Kier molecular flexibility index (Phi) is 6.52. The van der Waals surface area contributed by atoms with Gasteiger partial charge in [-0.2, -0.15) is 0 Å². The van der Waals surface area contributed by atoms with E-state index < -0.39 is 6.04 Å². The van der Waals surface area contributed by atoms with Gasteiger partial charge >= 0.3 is 0 Å². The van der Waals surface area contributed by atoms with Crippen LogP contribution in [0.4, 0.5) is 0 Å². The molecule has 0 bridgehead atoms. The summed E-state index contributed by atoms with van der Waals surface area (Å²) in [4.78, 5) is 29.3. The molecule has 0 saturated carbocycles. The van der Waals surface area contributed by atoms with Crippen molar-refractivity contribution in [2.45, 2.75) is 26.4 Å². The molecule has 37 heavy (non-hydrogen) atoms. The van der Waals surface area contributed by atoms with Crippen LogP contribution in [-0.4, -0.2) is 24.5 Å². The molecule has 4 aromatic rings. The van der Waals surface area contributed by atoms with Crippen molar-refractivity contribution in [3.05, 3.63) is 116 Å². The summed E-state index contributed by atoms with van der Waals surface area (Å²) in [6.45, 7) is 8.08. The van der Waals surface area contributed by atoms with Gasteiger partial charge < -0.3 is 18.8 Å². The molecule has 0 fully saturated rings. The number of rotatable bonds is 7. The van der Waals surface area contributed by atoms with E-state index >= 15 is 0 Å². The average Bonchev–Trinajstić information content (AvgIpc) is 3.16. The van der Waals surface area contributed by atoms with Gasteiger partial charge in [0.25, 0.3) is 5.91 Å². The lowest BCUT2D eigenvalue weighted by atomic mass is 9.97. The zero-order chi connectivity index (χ0) is 26.3. The summed E-state index contributed by atoms with van der Waals surface area (Å²) in [5.41, 5.74) is 3.86. The Morgan fingerprint density at radius 2 is 1.81 bits per heavy atom. The molecule has 1 aliphatic heterocycles. The Bertz CT molecular complexity index is 1610. The third-order valence-electron chi connectivity index (χ3n) is 6.74. The van der Waals surface area contributed by atoms with Crippen LogP contribution in [0.2, 0.25) is 5.02 Å². The topological polar surface area (TPSA) is 69.0 Å². The molecule has 1 unspecified atom stereocenters. The molecule has 0 spiro atoms. The van der Waals surface area contributed by atoms with Crippen molar-refractivity contribution in [3.63, 3.8) is 0 Å². The second-order valence-electron chi connectivity index (χ2n) is 9.04. The van der Waals surface area contributed by atoms with Crippen LogP contribution < -0.4 is 14.9 Å². The first-order valence-corrected chi connectivity index (χ1v) is 12.3. The molecule has 5 rings (SSSR count). The highest BCUT2D eigenvalue weighted by Crippen LogP contribution is 2.42. The Morgan fingerprint density at radius 1 is 1.05 bits per heavy atom. The van der Waals surface area contributed by atoms with Gasteiger partial charge in [0.2, 0.25) is 5.76 Å². The van der Waals surface area contributed by atoms with Crippen LogP contribution in [0.3, 0.4) is 0 Å². The van der Waals surface area contributed by atoms with Gasteiger partial charge in [0.05, 0.1) is 24.1 Å². The van der Waals surface area contributed by atoms with E-state index in [1.54, 1.807) is 42.4 Å². The highest BCUT2D eigenvalue weighted by atomic mass is 35.5. The summed E-state index contributed by atoms with van der Waals surface area (Å²) < 4.78 is 17.4. The largest absolute Gasteiger partial charge is 0.493 e. The maximum absolute atomic E-state index is 13.9. The van der Waals surface area contributed by atoms with Crippen molar-refractivity contribution in [2.24, 2.45) is 0 Å². The third-order valence-corrected chi connectivity index (χ3v) is 7.11. The predicted octanol–water partition coefficient (Wildman–Crippen LogP) is 6.38. The smallest absolute Gasteiger partial charge is 0.291 e. The van der Waals surface area contributed by atoms with Gasteiger partial charge in [-0.3, -0.25) is 9.59 Å². The van der Waals surface area contributed by atoms with Crippen LogP contribution >= 0.6 is 11.6 Å². The molecule has 0 saturated heterocycles. The monoisotopic (exact) mass is 515 g/mol. The number of fused-ring (bicyclic) bond motifs is 2. The fourth-order valence-corrected chi connectivity index (χ4v) is 4.91. The lowest BCUT2D eigenvalue weighted by molar-refractivity contribution is 0.0714. The number of halogens is 1. The summed E-state index contributed by atoms with van der Waals surface area (Å²) in [6.07, 6.45) is 1.64. The van der Waals surface area contributed by atoms with Crippen LogP contribution in [-0.2, 0) is 6.54 Å². The number of nitrogens with zero attached hydrogens (tertiary/aromatic N) is 1.